The Morgan fingerprint density at radius 2 is 1.72 bits per heavy atom. The summed E-state index contributed by atoms with van der Waals surface area (Å²) in [5.41, 5.74) is 1.74. The molecule has 2 heterocycles. The maximum atomic E-state index is 12.8. The molecule has 230 valence electrons. The Morgan fingerprint density at radius 1 is 1.00 bits per heavy atom. The Labute approximate surface area is 254 Å². The van der Waals surface area contributed by atoms with E-state index in [9.17, 15) is 32.4 Å². The highest BCUT2D eigenvalue weighted by Crippen LogP contribution is 2.39. The van der Waals surface area contributed by atoms with Gasteiger partial charge in [0.15, 0.2) is 14.6 Å². The van der Waals surface area contributed by atoms with Gasteiger partial charge in [0.2, 0.25) is 5.91 Å². The van der Waals surface area contributed by atoms with Crippen LogP contribution >= 0.6 is 22.7 Å². The van der Waals surface area contributed by atoms with Crippen LogP contribution in [0.5, 0.6) is 0 Å². The van der Waals surface area contributed by atoms with Crippen LogP contribution in [0, 0.1) is 0 Å². The first kappa shape index (κ1) is 32.0. The number of aryl methyl sites for hydroxylation is 1. The standard InChI is InChI=1S/C27H29N3O10S3/c1-4-39-25(34)15-9-10-17-19(11-15)42-27(30(17)12-22(33)38-3)29-21(32)14-43(36,37)13-20(31)28-24-23(26(35)40-5-2)16-7-6-8-18(16)41-24/h9-11H,4-8,12-14H2,1-3H3,(H,28,31). The summed E-state index contributed by atoms with van der Waals surface area (Å²) in [6, 6.07) is 4.56. The molecule has 4 rings (SSSR count). The molecule has 3 aromatic rings. The summed E-state index contributed by atoms with van der Waals surface area (Å²) in [6.45, 7) is 3.31. The first-order chi connectivity index (χ1) is 20.5. The average Bonchev–Trinajstić information content (AvgIpc) is 3.60. The molecule has 0 atom stereocenters. The number of thiazole rings is 1. The highest BCUT2D eigenvalue weighted by atomic mass is 32.2. The molecule has 2 aromatic heterocycles. The number of amides is 2. The molecular weight excluding hydrogens is 623 g/mol. The number of aromatic nitrogens is 1. The molecule has 1 aliphatic carbocycles. The van der Waals surface area contributed by atoms with Crippen LogP contribution in [0.3, 0.4) is 0 Å². The molecular formula is C27H29N3O10S3. The van der Waals surface area contributed by atoms with Crippen LogP contribution in [-0.4, -0.2) is 74.5 Å². The molecule has 0 spiro atoms. The number of ether oxygens (including phenoxy) is 3. The highest BCUT2D eigenvalue weighted by Gasteiger charge is 2.29. The Morgan fingerprint density at radius 3 is 2.42 bits per heavy atom. The topological polar surface area (TPSA) is 176 Å². The van der Waals surface area contributed by atoms with Crippen molar-refractivity contribution >= 4 is 77.5 Å². The summed E-state index contributed by atoms with van der Waals surface area (Å²) in [6.07, 6.45) is 2.27. The number of carbonyl (C=O) groups is 5. The second kappa shape index (κ2) is 13.6. The molecule has 0 aliphatic heterocycles. The first-order valence-corrected chi connectivity index (χ1v) is 16.7. The molecule has 0 saturated heterocycles. The zero-order chi connectivity index (χ0) is 31.3. The van der Waals surface area contributed by atoms with Crippen molar-refractivity contribution in [1.82, 2.24) is 4.57 Å². The molecule has 0 fully saturated rings. The van der Waals surface area contributed by atoms with E-state index in [0.29, 0.717) is 16.6 Å². The van der Waals surface area contributed by atoms with Gasteiger partial charge in [-0.15, -0.1) is 11.3 Å². The average molecular weight is 652 g/mol. The van der Waals surface area contributed by atoms with Crippen molar-refractivity contribution in [2.75, 3.05) is 37.1 Å². The summed E-state index contributed by atoms with van der Waals surface area (Å²) in [5, 5.41) is 2.72. The maximum absolute atomic E-state index is 12.8. The summed E-state index contributed by atoms with van der Waals surface area (Å²) in [5.74, 6) is -5.86. The molecule has 13 nitrogen and oxygen atoms in total. The number of esters is 3. The van der Waals surface area contributed by atoms with Gasteiger partial charge in [0.25, 0.3) is 5.91 Å². The van der Waals surface area contributed by atoms with Gasteiger partial charge in [-0.1, -0.05) is 11.3 Å². The monoisotopic (exact) mass is 651 g/mol. The molecule has 0 unspecified atom stereocenters. The fourth-order valence-electron chi connectivity index (χ4n) is 4.50. The van der Waals surface area contributed by atoms with E-state index >= 15 is 0 Å². The van der Waals surface area contributed by atoms with Crippen LogP contribution in [0.25, 0.3) is 10.2 Å². The smallest absolute Gasteiger partial charge is 0.341 e. The number of methoxy groups -OCH3 is 1. The third kappa shape index (κ3) is 7.55. The van der Waals surface area contributed by atoms with Gasteiger partial charge in [0.05, 0.1) is 41.7 Å². The zero-order valence-corrected chi connectivity index (χ0v) is 26.0. The predicted molar refractivity (Wildman–Crippen MR) is 158 cm³/mol. The largest absolute Gasteiger partial charge is 0.468 e. The van der Waals surface area contributed by atoms with Gasteiger partial charge in [0, 0.05) is 4.88 Å². The van der Waals surface area contributed by atoms with Gasteiger partial charge in [-0.25, -0.2) is 18.0 Å². The number of nitrogens with zero attached hydrogens (tertiary/aromatic N) is 2. The number of rotatable bonds is 11. The molecule has 1 aromatic carbocycles. The lowest BCUT2D eigenvalue weighted by Gasteiger charge is -2.08. The van der Waals surface area contributed by atoms with Crippen molar-refractivity contribution < 1.29 is 46.6 Å². The molecule has 0 bridgehead atoms. The van der Waals surface area contributed by atoms with Crippen molar-refractivity contribution in [1.29, 1.82) is 0 Å². The number of anilines is 1. The highest BCUT2D eigenvalue weighted by molar-refractivity contribution is 7.92. The van der Waals surface area contributed by atoms with E-state index in [-0.39, 0.29) is 40.7 Å². The minimum Gasteiger partial charge on any atom is -0.468 e. The fraction of sp³-hybridized carbons (Fsp3) is 0.407. The summed E-state index contributed by atoms with van der Waals surface area (Å²) in [7, 11) is -3.09. The number of thiophene rings is 1. The fourth-order valence-corrected chi connectivity index (χ4v) is 7.89. The summed E-state index contributed by atoms with van der Waals surface area (Å²) < 4.78 is 42.3. The van der Waals surface area contributed by atoms with Crippen LogP contribution in [0.15, 0.2) is 23.2 Å². The van der Waals surface area contributed by atoms with E-state index in [0.717, 1.165) is 34.6 Å². The number of sulfone groups is 1. The number of hydrogen-bond acceptors (Lipinski definition) is 12. The van der Waals surface area contributed by atoms with Gasteiger partial charge >= 0.3 is 17.9 Å². The SMILES string of the molecule is CCOC(=O)c1ccc2c(c1)sc(=NC(=O)CS(=O)(=O)CC(=O)Nc1sc3c(c1C(=O)OCC)CCC3)n2CC(=O)OC. The van der Waals surface area contributed by atoms with E-state index in [1.165, 1.54) is 35.1 Å². The van der Waals surface area contributed by atoms with Gasteiger partial charge in [-0.2, -0.15) is 4.99 Å². The molecule has 0 saturated carbocycles. The molecule has 16 heteroatoms. The maximum Gasteiger partial charge on any atom is 0.341 e. The van der Waals surface area contributed by atoms with Crippen molar-refractivity contribution in [3.63, 3.8) is 0 Å². The molecule has 1 aliphatic rings. The Balaban J connectivity index is 1.54. The summed E-state index contributed by atoms with van der Waals surface area (Å²) in [4.78, 5) is 67.1. The molecule has 43 heavy (non-hydrogen) atoms. The normalized spacial score (nSPS) is 13.0. The van der Waals surface area contributed by atoms with Crippen LogP contribution in [0.1, 0.15) is 51.4 Å². The van der Waals surface area contributed by atoms with Crippen LogP contribution in [0.4, 0.5) is 5.00 Å². The van der Waals surface area contributed by atoms with Gasteiger partial charge in [-0.05, 0) is 56.9 Å². The second-order valence-corrected chi connectivity index (χ2v) is 13.5. The zero-order valence-electron chi connectivity index (χ0n) is 23.6. The van der Waals surface area contributed by atoms with E-state index in [2.05, 4.69) is 10.3 Å². The Kier molecular flexibility index (Phi) is 10.1. The number of carbonyl (C=O) groups excluding carboxylic acids is 5. The molecule has 1 N–H and O–H groups in total. The van der Waals surface area contributed by atoms with Crippen molar-refractivity contribution in [2.24, 2.45) is 4.99 Å². The Bertz CT molecular complexity index is 1780. The minimum absolute atomic E-state index is 0.00163. The number of nitrogens with one attached hydrogen (secondary N) is 1. The Hall–Kier alpha value is -3.89. The number of hydrogen-bond donors (Lipinski definition) is 1. The van der Waals surface area contributed by atoms with Gasteiger partial charge in [-0.3, -0.25) is 14.4 Å². The lowest BCUT2D eigenvalue weighted by molar-refractivity contribution is -0.141. The van der Waals surface area contributed by atoms with Crippen LogP contribution in [-0.2, 0) is 57.8 Å². The number of benzene rings is 1. The summed E-state index contributed by atoms with van der Waals surface area (Å²) >= 11 is 2.17. The van der Waals surface area contributed by atoms with Gasteiger partial charge < -0.3 is 24.1 Å². The van der Waals surface area contributed by atoms with Crippen molar-refractivity contribution in [3.05, 3.63) is 44.6 Å². The molecule has 0 radical (unpaired) electrons. The van der Waals surface area contributed by atoms with Crippen molar-refractivity contribution in [2.45, 2.75) is 39.7 Å². The lowest BCUT2D eigenvalue weighted by Crippen LogP contribution is -2.29. The second-order valence-electron chi connectivity index (χ2n) is 9.32. The third-order valence-corrected chi connectivity index (χ3v) is 9.91. The van der Waals surface area contributed by atoms with Crippen molar-refractivity contribution in [3.8, 4) is 0 Å². The van der Waals surface area contributed by atoms with E-state index in [1.807, 2.05) is 0 Å². The first-order valence-electron chi connectivity index (χ1n) is 13.2. The number of fused-ring (bicyclic) bond motifs is 2. The van der Waals surface area contributed by atoms with E-state index in [4.69, 9.17) is 14.2 Å². The third-order valence-electron chi connectivity index (χ3n) is 6.28. The van der Waals surface area contributed by atoms with E-state index < -0.39 is 51.1 Å². The minimum atomic E-state index is -4.28. The quantitative estimate of drug-likeness (QED) is 0.239. The molecule has 2 amide bonds. The van der Waals surface area contributed by atoms with Crippen LogP contribution < -0.4 is 10.1 Å². The predicted octanol–water partition coefficient (Wildman–Crippen LogP) is 2.26. The van der Waals surface area contributed by atoms with E-state index in [1.54, 1.807) is 19.9 Å². The van der Waals surface area contributed by atoms with Crippen LogP contribution in [0.2, 0.25) is 0 Å². The lowest BCUT2D eigenvalue weighted by atomic mass is 10.1. The van der Waals surface area contributed by atoms with Gasteiger partial charge in [0.1, 0.15) is 23.1 Å².